The van der Waals surface area contributed by atoms with E-state index in [1.807, 2.05) is 0 Å². The number of benzene rings is 1. The van der Waals surface area contributed by atoms with Crippen molar-refractivity contribution in [2.75, 3.05) is 31.5 Å². The number of hydrogen-bond donors (Lipinski definition) is 2. The molecule has 3 rings (SSSR count). The Labute approximate surface area is 150 Å². The fourth-order valence-electron chi connectivity index (χ4n) is 4.00. The third-order valence-corrected chi connectivity index (χ3v) is 7.27. The fraction of sp³-hybridized carbons (Fsp3) is 0.611. The normalized spacial score (nSPS) is 21.2. The van der Waals surface area contributed by atoms with Crippen LogP contribution < -0.4 is 10.2 Å². The van der Waals surface area contributed by atoms with E-state index >= 15 is 0 Å². The Hall–Kier alpha value is -1.44. The van der Waals surface area contributed by atoms with Crippen LogP contribution in [0.2, 0.25) is 0 Å². The molecule has 25 heavy (non-hydrogen) atoms. The number of nitrogens with zero attached hydrogens (tertiary/aromatic N) is 1. The van der Waals surface area contributed by atoms with Gasteiger partial charge < -0.3 is 10.2 Å². The molecule has 2 N–H and O–H groups in total. The van der Waals surface area contributed by atoms with Gasteiger partial charge in [-0.3, -0.25) is 4.79 Å². The van der Waals surface area contributed by atoms with E-state index in [9.17, 15) is 13.2 Å². The fourth-order valence-corrected chi connectivity index (χ4v) is 5.44. The van der Waals surface area contributed by atoms with Gasteiger partial charge in [0.2, 0.25) is 15.9 Å². The Bertz CT molecular complexity index is 689. The predicted molar refractivity (Wildman–Crippen MR) is 97.1 cm³/mol. The van der Waals surface area contributed by atoms with Gasteiger partial charge in [0.05, 0.1) is 37.1 Å². The molecule has 2 aliphatic rings. The zero-order valence-corrected chi connectivity index (χ0v) is 15.6. The minimum Gasteiger partial charge on any atom is -0.330 e. The highest BCUT2D eigenvalue weighted by Gasteiger charge is 2.33. The van der Waals surface area contributed by atoms with E-state index in [0.717, 1.165) is 19.1 Å². The molecule has 0 bridgehead atoms. The molecule has 1 aromatic carbocycles. The number of nitrogens with one attached hydrogen (secondary N) is 2. The predicted octanol–water partition coefficient (Wildman–Crippen LogP) is 0.867. The molecule has 6 nitrogen and oxygen atoms in total. The zero-order chi connectivity index (χ0) is 17.9. The molecule has 1 amide bonds. The van der Waals surface area contributed by atoms with Crippen molar-refractivity contribution in [1.29, 1.82) is 0 Å². The largest absolute Gasteiger partial charge is 0.330 e. The summed E-state index contributed by atoms with van der Waals surface area (Å²) in [6.45, 7) is 4.39. The zero-order valence-electron chi connectivity index (χ0n) is 14.8. The van der Waals surface area contributed by atoms with Crippen molar-refractivity contribution in [3.8, 4) is 0 Å². The molecule has 1 aliphatic heterocycles. The summed E-state index contributed by atoms with van der Waals surface area (Å²) in [4.78, 5) is 12.9. The second kappa shape index (κ2) is 7.85. The molecule has 2 fully saturated rings. The second-order valence-electron chi connectivity index (χ2n) is 7.10. The molecular formula is C18H28N3O3S+. The summed E-state index contributed by atoms with van der Waals surface area (Å²) >= 11 is 0. The van der Waals surface area contributed by atoms with Crippen LogP contribution in [0.15, 0.2) is 29.2 Å². The summed E-state index contributed by atoms with van der Waals surface area (Å²) in [5.41, 5.74) is 0.609. The van der Waals surface area contributed by atoms with Gasteiger partial charge >= 0.3 is 0 Å². The minimum atomic E-state index is -3.45. The van der Waals surface area contributed by atoms with Crippen LogP contribution in [0.1, 0.15) is 39.0 Å². The van der Waals surface area contributed by atoms with Gasteiger partial charge in [0.15, 0.2) is 0 Å². The molecule has 1 saturated carbocycles. The number of piperazine rings is 1. The van der Waals surface area contributed by atoms with Crippen LogP contribution >= 0.6 is 0 Å². The Balaban J connectivity index is 1.62. The van der Waals surface area contributed by atoms with E-state index < -0.39 is 10.0 Å². The SMILES string of the molecule is CC(=O)Nc1ccc(S(=O)(=O)N2CC[NH+](C3CCCCC3)CC2)cc1. The van der Waals surface area contributed by atoms with E-state index in [1.165, 1.54) is 39.0 Å². The van der Waals surface area contributed by atoms with Crippen LogP contribution in [0.4, 0.5) is 5.69 Å². The molecule has 138 valence electrons. The summed E-state index contributed by atoms with van der Waals surface area (Å²) in [6, 6.07) is 7.13. The Morgan fingerprint density at radius 1 is 1.08 bits per heavy atom. The molecule has 0 aromatic heterocycles. The quantitative estimate of drug-likeness (QED) is 0.831. The van der Waals surface area contributed by atoms with Gasteiger partial charge in [-0.2, -0.15) is 4.31 Å². The van der Waals surface area contributed by atoms with Crippen LogP contribution in [0.3, 0.4) is 0 Å². The Morgan fingerprint density at radius 3 is 2.24 bits per heavy atom. The van der Waals surface area contributed by atoms with Gasteiger partial charge in [-0.1, -0.05) is 6.42 Å². The van der Waals surface area contributed by atoms with Gasteiger partial charge in [-0.25, -0.2) is 8.42 Å². The third-order valence-electron chi connectivity index (χ3n) is 5.36. The average Bonchev–Trinajstić information content (AvgIpc) is 2.62. The lowest BCUT2D eigenvalue weighted by Gasteiger charge is -2.37. The van der Waals surface area contributed by atoms with Crippen LogP contribution in [-0.2, 0) is 14.8 Å². The van der Waals surface area contributed by atoms with E-state index in [0.29, 0.717) is 23.7 Å². The number of carbonyl (C=O) groups excluding carboxylic acids is 1. The molecule has 1 heterocycles. The first kappa shape index (κ1) is 18.4. The maximum Gasteiger partial charge on any atom is 0.243 e. The molecule has 1 aromatic rings. The number of hydrogen-bond acceptors (Lipinski definition) is 3. The van der Waals surface area contributed by atoms with Crippen LogP contribution in [0.25, 0.3) is 0 Å². The first-order valence-corrected chi connectivity index (χ1v) is 10.6. The summed E-state index contributed by atoms with van der Waals surface area (Å²) < 4.78 is 27.3. The van der Waals surface area contributed by atoms with Crippen molar-refractivity contribution in [2.45, 2.75) is 50.0 Å². The average molecular weight is 367 g/mol. The highest BCUT2D eigenvalue weighted by Crippen LogP contribution is 2.19. The molecule has 0 spiro atoms. The minimum absolute atomic E-state index is 0.169. The van der Waals surface area contributed by atoms with Gasteiger partial charge in [0, 0.05) is 12.6 Å². The van der Waals surface area contributed by atoms with Crippen molar-refractivity contribution >= 4 is 21.6 Å². The molecule has 0 atom stereocenters. The van der Waals surface area contributed by atoms with E-state index in [2.05, 4.69) is 5.32 Å². The maximum absolute atomic E-state index is 12.8. The molecule has 1 saturated heterocycles. The lowest BCUT2D eigenvalue weighted by Crippen LogP contribution is -3.18. The molecule has 1 aliphatic carbocycles. The molecule has 7 heteroatoms. The third kappa shape index (κ3) is 4.40. The van der Waals surface area contributed by atoms with Crippen molar-refractivity contribution in [2.24, 2.45) is 0 Å². The number of quaternary nitrogens is 1. The number of carbonyl (C=O) groups is 1. The van der Waals surface area contributed by atoms with E-state index in [4.69, 9.17) is 0 Å². The molecule has 0 radical (unpaired) electrons. The summed E-state index contributed by atoms with van der Waals surface area (Å²) in [5, 5.41) is 2.65. The van der Waals surface area contributed by atoms with Gasteiger partial charge in [0.25, 0.3) is 0 Å². The van der Waals surface area contributed by atoms with Crippen LogP contribution in [0, 0.1) is 0 Å². The number of rotatable bonds is 4. The van der Waals surface area contributed by atoms with Gasteiger partial charge in [-0.05, 0) is 49.9 Å². The van der Waals surface area contributed by atoms with E-state index in [1.54, 1.807) is 33.5 Å². The lowest BCUT2D eigenvalue weighted by molar-refractivity contribution is -0.930. The Kier molecular flexibility index (Phi) is 5.76. The van der Waals surface area contributed by atoms with E-state index in [-0.39, 0.29) is 5.91 Å². The van der Waals surface area contributed by atoms with Crippen molar-refractivity contribution < 1.29 is 18.1 Å². The van der Waals surface area contributed by atoms with Crippen molar-refractivity contribution in [1.82, 2.24) is 4.31 Å². The van der Waals surface area contributed by atoms with Gasteiger partial charge in [-0.15, -0.1) is 0 Å². The summed E-state index contributed by atoms with van der Waals surface area (Å²) in [6.07, 6.45) is 6.55. The monoisotopic (exact) mass is 366 g/mol. The second-order valence-corrected chi connectivity index (χ2v) is 9.04. The topological polar surface area (TPSA) is 70.9 Å². The number of amides is 1. The first-order valence-electron chi connectivity index (χ1n) is 9.19. The van der Waals surface area contributed by atoms with Gasteiger partial charge in [0.1, 0.15) is 0 Å². The number of anilines is 1. The Morgan fingerprint density at radius 2 is 1.68 bits per heavy atom. The smallest absolute Gasteiger partial charge is 0.243 e. The lowest BCUT2D eigenvalue weighted by atomic mass is 9.94. The summed E-state index contributed by atoms with van der Waals surface area (Å²) in [5.74, 6) is -0.169. The standard InChI is InChI=1S/C18H27N3O3S/c1-15(22)19-16-7-9-18(10-8-16)25(23,24)21-13-11-20(12-14-21)17-5-3-2-4-6-17/h7-10,17H,2-6,11-14H2,1H3,(H,19,22)/p+1. The highest BCUT2D eigenvalue weighted by atomic mass is 32.2. The highest BCUT2D eigenvalue weighted by molar-refractivity contribution is 7.89. The molecular weight excluding hydrogens is 338 g/mol. The maximum atomic E-state index is 12.8. The van der Waals surface area contributed by atoms with Crippen LogP contribution in [-0.4, -0.2) is 50.9 Å². The van der Waals surface area contributed by atoms with Crippen molar-refractivity contribution in [3.63, 3.8) is 0 Å². The first-order chi connectivity index (χ1) is 12.0. The summed E-state index contributed by atoms with van der Waals surface area (Å²) in [7, 11) is -3.45. The van der Waals surface area contributed by atoms with Crippen molar-refractivity contribution in [3.05, 3.63) is 24.3 Å². The molecule has 0 unspecified atom stereocenters. The van der Waals surface area contributed by atoms with Crippen LogP contribution in [0.5, 0.6) is 0 Å². The number of sulfonamides is 1.